The normalized spacial score (nSPS) is 18.2. The predicted octanol–water partition coefficient (Wildman–Crippen LogP) is 2.66. The van der Waals surface area contributed by atoms with Crippen LogP contribution >= 0.6 is 35.8 Å². The Morgan fingerprint density at radius 1 is 1.42 bits per heavy atom. The van der Waals surface area contributed by atoms with E-state index in [4.69, 9.17) is 28.3 Å². The number of carboxylic acids is 1. The lowest BCUT2D eigenvalue weighted by Gasteiger charge is -2.33. The number of nitrogens with zero attached hydrogens (tertiary/aromatic N) is 3. The molecule has 128 valence electrons. The fourth-order valence-electron chi connectivity index (χ4n) is 2.67. The number of aromatic carboxylic acids is 1. The maximum absolute atomic E-state index is 11.3. The molecule has 0 saturated heterocycles. The van der Waals surface area contributed by atoms with Gasteiger partial charge >= 0.3 is 5.97 Å². The lowest BCUT2D eigenvalue weighted by atomic mass is 9.89. The van der Waals surface area contributed by atoms with Gasteiger partial charge in [0.05, 0.1) is 11.4 Å². The third kappa shape index (κ3) is 3.26. The molecular weight excluding hydrogens is 373 g/mol. The summed E-state index contributed by atoms with van der Waals surface area (Å²) in [6, 6.07) is 7.20. The minimum absolute atomic E-state index is 0.0269. The van der Waals surface area contributed by atoms with Crippen molar-refractivity contribution >= 4 is 41.8 Å². The van der Waals surface area contributed by atoms with Crippen LogP contribution < -0.4 is 0 Å². The van der Waals surface area contributed by atoms with Crippen molar-refractivity contribution in [3.63, 3.8) is 0 Å². The summed E-state index contributed by atoms with van der Waals surface area (Å²) in [5, 5.41) is 24.8. The molecule has 2 N–H and O–H groups in total. The van der Waals surface area contributed by atoms with Crippen LogP contribution in [0.25, 0.3) is 0 Å². The topological polar surface area (TPSA) is 88.2 Å². The average molecular weight is 388 g/mol. The Kier molecular flexibility index (Phi) is 4.55. The second-order valence-corrected chi connectivity index (χ2v) is 7.49. The molecule has 1 atom stereocenters. The molecule has 1 aromatic carbocycles. The minimum Gasteiger partial charge on any atom is -0.475 e. The van der Waals surface area contributed by atoms with E-state index in [2.05, 4.69) is 22.7 Å². The Balaban J connectivity index is 1.93. The first-order valence-electron chi connectivity index (χ1n) is 7.26. The summed E-state index contributed by atoms with van der Waals surface area (Å²) in [5.41, 5.74) is -0.603. The quantitative estimate of drug-likeness (QED) is 0.523. The molecule has 6 nitrogen and oxygen atoms in total. The Morgan fingerprint density at radius 2 is 2.08 bits per heavy atom. The molecule has 0 spiro atoms. The summed E-state index contributed by atoms with van der Waals surface area (Å²) in [4.78, 5) is 14.0. The van der Waals surface area contributed by atoms with Crippen molar-refractivity contribution in [3.8, 4) is 0 Å². The van der Waals surface area contributed by atoms with E-state index in [1.165, 1.54) is 4.68 Å². The van der Waals surface area contributed by atoms with Gasteiger partial charge in [0, 0.05) is 11.4 Å². The second-order valence-electron chi connectivity index (χ2n) is 5.96. The van der Waals surface area contributed by atoms with Crippen LogP contribution in [0.5, 0.6) is 0 Å². The molecule has 0 radical (unpaired) electrons. The van der Waals surface area contributed by atoms with E-state index in [1.807, 2.05) is 12.1 Å². The van der Waals surface area contributed by atoms with Gasteiger partial charge in [-0.25, -0.2) is 9.48 Å². The van der Waals surface area contributed by atoms with Crippen LogP contribution in [0.3, 0.4) is 0 Å². The number of benzene rings is 1. The highest BCUT2D eigenvalue weighted by Gasteiger charge is 2.58. The fourth-order valence-corrected chi connectivity index (χ4v) is 3.30. The number of hydrogen-bond donors (Lipinski definition) is 3. The van der Waals surface area contributed by atoms with Gasteiger partial charge in [0.1, 0.15) is 5.60 Å². The van der Waals surface area contributed by atoms with Gasteiger partial charge in [-0.2, -0.15) is 4.98 Å². The first-order valence-corrected chi connectivity index (χ1v) is 8.46. The first kappa shape index (κ1) is 17.5. The lowest BCUT2D eigenvalue weighted by Crippen LogP contribution is -2.47. The number of aliphatic hydroxyl groups is 1. The molecule has 9 heteroatoms. The van der Waals surface area contributed by atoms with Gasteiger partial charge in [0.2, 0.25) is 0 Å². The molecule has 1 aliphatic carbocycles. The standard InChI is InChI=1S/C15H15Cl2N3O3S/c16-10-4-2-1-3-9(10)7-15(23,14(17)5-6-14)8-20-13(24)18-11(19-20)12(21)22/h1-4,23H,5-8H2,(H,21,22)(H,18,19,24). The highest BCUT2D eigenvalue weighted by Crippen LogP contribution is 2.53. The summed E-state index contributed by atoms with van der Waals surface area (Å²) in [6.07, 6.45) is 1.52. The maximum atomic E-state index is 11.3. The van der Waals surface area contributed by atoms with Crippen LogP contribution in [0.4, 0.5) is 0 Å². The minimum atomic E-state index is -1.36. The molecule has 2 aromatic rings. The Bertz CT molecular complexity index is 794. The molecule has 24 heavy (non-hydrogen) atoms. The van der Waals surface area contributed by atoms with E-state index in [-0.39, 0.29) is 23.9 Å². The molecule has 0 amide bonds. The number of carboxylic acid groups (broad SMARTS) is 1. The van der Waals surface area contributed by atoms with Crippen molar-refractivity contribution in [1.82, 2.24) is 14.8 Å². The van der Waals surface area contributed by atoms with Gasteiger partial charge in [-0.1, -0.05) is 29.8 Å². The van der Waals surface area contributed by atoms with Crippen LogP contribution in [-0.2, 0) is 13.0 Å². The highest BCUT2D eigenvalue weighted by molar-refractivity contribution is 7.80. The van der Waals surface area contributed by atoms with E-state index in [1.54, 1.807) is 12.1 Å². The van der Waals surface area contributed by atoms with Crippen molar-refractivity contribution in [3.05, 3.63) is 40.7 Å². The molecule has 1 unspecified atom stereocenters. The highest BCUT2D eigenvalue weighted by atomic mass is 35.5. The number of aromatic nitrogens is 3. The third-order valence-electron chi connectivity index (χ3n) is 4.22. The number of rotatable bonds is 6. The van der Waals surface area contributed by atoms with Crippen LogP contribution in [0.1, 0.15) is 29.0 Å². The predicted molar refractivity (Wildman–Crippen MR) is 92.2 cm³/mol. The van der Waals surface area contributed by atoms with Crippen LogP contribution in [0.2, 0.25) is 5.02 Å². The number of carbonyl (C=O) groups is 1. The van der Waals surface area contributed by atoms with Gasteiger partial charge < -0.3 is 10.2 Å². The van der Waals surface area contributed by atoms with Crippen molar-refractivity contribution in [2.75, 3.05) is 0 Å². The summed E-state index contributed by atoms with van der Waals surface area (Å²) in [7, 11) is 0. The molecule has 0 bridgehead atoms. The molecule has 1 aliphatic rings. The number of halogens is 2. The van der Waals surface area contributed by atoms with Gasteiger partial charge in [0.25, 0.3) is 5.82 Å². The van der Waals surface area contributed by atoms with Gasteiger partial charge in [-0.3, -0.25) is 0 Å². The van der Waals surface area contributed by atoms with Gasteiger partial charge in [-0.05, 0) is 24.5 Å². The van der Waals surface area contributed by atoms with Crippen LogP contribution in [0, 0.1) is 0 Å². The van der Waals surface area contributed by atoms with Crippen molar-refractivity contribution in [2.24, 2.45) is 0 Å². The van der Waals surface area contributed by atoms with Crippen molar-refractivity contribution in [1.29, 1.82) is 0 Å². The number of hydrogen-bond acceptors (Lipinski definition) is 5. The molecule has 1 heterocycles. The van der Waals surface area contributed by atoms with Gasteiger partial charge in [-0.15, -0.1) is 29.3 Å². The zero-order valence-corrected chi connectivity index (χ0v) is 14.9. The summed E-state index contributed by atoms with van der Waals surface area (Å²) >= 11 is 16.9. The maximum Gasteiger partial charge on any atom is 0.375 e. The Hall–Kier alpha value is -1.28. The van der Waals surface area contributed by atoms with E-state index in [0.29, 0.717) is 17.9 Å². The average Bonchev–Trinajstić information content (AvgIpc) is 3.17. The zero-order valence-electron chi connectivity index (χ0n) is 12.5. The Morgan fingerprint density at radius 3 is 2.62 bits per heavy atom. The van der Waals surface area contributed by atoms with E-state index in [9.17, 15) is 9.90 Å². The molecule has 1 aromatic heterocycles. The van der Waals surface area contributed by atoms with Gasteiger partial charge in [0.15, 0.2) is 5.16 Å². The number of thiol groups is 1. The third-order valence-corrected chi connectivity index (χ3v) is 5.65. The molecular formula is C15H15Cl2N3O3S. The Labute approximate surface area is 153 Å². The zero-order chi connectivity index (χ0) is 17.5. The summed E-state index contributed by atoms with van der Waals surface area (Å²) in [5.74, 6) is -1.63. The lowest BCUT2D eigenvalue weighted by molar-refractivity contribution is 0.00513. The molecule has 0 aliphatic heterocycles. The summed E-state index contributed by atoms with van der Waals surface area (Å²) < 4.78 is 1.26. The SMILES string of the molecule is O=C(O)c1nc(S)n(CC(O)(Cc2ccccc2Cl)C2(Cl)CC2)n1. The summed E-state index contributed by atoms with van der Waals surface area (Å²) in [6.45, 7) is -0.0269. The first-order chi connectivity index (χ1) is 11.2. The largest absolute Gasteiger partial charge is 0.475 e. The van der Waals surface area contributed by atoms with E-state index < -0.39 is 16.4 Å². The van der Waals surface area contributed by atoms with E-state index in [0.717, 1.165) is 5.56 Å². The van der Waals surface area contributed by atoms with Crippen molar-refractivity contribution < 1.29 is 15.0 Å². The molecule has 1 fully saturated rings. The smallest absolute Gasteiger partial charge is 0.375 e. The second kappa shape index (κ2) is 6.22. The number of alkyl halides is 1. The van der Waals surface area contributed by atoms with Crippen LogP contribution in [0.15, 0.2) is 29.4 Å². The molecule has 1 saturated carbocycles. The monoisotopic (exact) mass is 387 g/mol. The molecule has 3 rings (SSSR count). The van der Waals surface area contributed by atoms with Crippen LogP contribution in [-0.4, -0.2) is 41.4 Å². The van der Waals surface area contributed by atoms with E-state index >= 15 is 0 Å². The van der Waals surface area contributed by atoms with Crippen molar-refractivity contribution in [2.45, 2.75) is 41.4 Å². The fraction of sp³-hybridized carbons (Fsp3) is 0.400.